The summed E-state index contributed by atoms with van der Waals surface area (Å²) >= 11 is 0. The SMILES string of the molecule is CNC(=O)[C@H]1CN(CCc2ccccc2)CCN1C(=O)c1cc(C)nc(N2CCCCC2)n1. The topological polar surface area (TPSA) is 81.7 Å². The fraction of sp³-hybridized carbons (Fsp3) is 0.520. The van der Waals surface area contributed by atoms with E-state index < -0.39 is 6.04 Å². The number of nitrogens with zero attached hydrogens (tertiary/aromatic N) is 5. The summed E-state index contributed by atoms with van der Waals surface area (Å²) in [6.45, 7) is 6.31. The molecule has 2 amide bonds. The van der Waals surface area contributed by atoms with Gasteiger partial charge in [0, 0.05) is 52.0 Å². The van der Waals surface area contributed by atoms with Gasteiger partial charge in [0.15, 0.2) is 0 Å². The van der Waals surface area contributed by atoms with E-state index in [0.717, 1.165) is 51.1 Å². The smallest absolute Gasteiger partial charge is 0.273 e. The normalized spacial score (nSPS) is 19.4. The standard InChI is InChI=1S/C25H34N6O2/c1-19-17-21(28-25(27-19)30-12-7-4-8-13-30)24(33)31-16-15-29(18-22(31)23(32)26-2)14-11-20-9-5-3-6-10-20/h3,5-6,9-10,17,22H,4,7-8,11-16,18H2,1-2H3,(H,26,32)/t22-/m1/s1. The maximum absolute atomic E-state index is 13.5. The average Bonchev–Trinajstić information content (AvgIpc) is 2.87. The minimum Gasteiger partial charge on any atom is -0.357 e. The van der Waals surface area contributed by atoms with Crippen molar-refractivity contribution >= 4 is 17.8 Å². The summed E-state index contributed by atoms with van der Waals surface area (Å²) in [4.78, 5) is 41.6. The number of aryl methyl sites for hydroxylation is 1. The molecule has 1 aromatic carbocycles. The largest absolute Gasteiger partial charge is 0.357 e. The van der Waals surface area contributed by atoms with Gasteiger partial charge in [-0.25, -0.2) is 9.97 Å². The first-order valence-electron chi connectivity index (χ1n) is 11.9. The Morgan fingerprint density at radius 2 is 1.79 bits per heavy atom. The third-order valence-electron chi connectivity index (χ3n) is 6.53. The monoisotopic (exact) mass is 450 g/mol. The highest BCUT2D eigenvalue weighted by atomic mass is 16.2. The molecule has 2 saturated heterocycles. The zero-order valence-electron chi connectivity index (χ0n) is 19.7. The molecule has 0 spiro atoms. The Morgan fingerprint density at radius 1 is 1.03 bits per heavy atom. The number of amides is 2. The van der Waals surface area contributed by atoms with Crippen molar-refractivity contribution in [2.75, 3.05) is 51.2 Å². The molecular formula is C25H34N6O2. The van der Waals surface area contributed by atoms with Crippen molar-refractivity contribution in [1.29, 1.82) is 0 Å². The first kappa shape index (κ1) is 23.2. The van der Waals surface area contributed by atoms with Crippen LogP contribution in [0.5, 0.6) is 0 Å². The minimum atomic E-state index is -0.541. The van der Waals surface area contributed by atoms with E-state index in [2.05, 4.69) is 37.2 Å². The van der Waals surface area contributed by atoms with Crippen molar-refractivity contribution in [3.05, 3.63) is 53.3 Å². The van der Waals surface area contributed by atoms with Crippen molar-refractivity contribution < 1.29 is 9.59 Å². The fourth-order valence-corrected chi connectivity index (χ4v) is 4.65. The van der Waals surface area contributed by atoms with Crippen LogP contribution < -0.4 is 10.2 Å². The number of anilines is 1. The van der Waals surface area contributed by atoms with Crippen molar-refractivity contribution in [3.8, 4) is 0 Å². The van der Waals surface area contributed by atoms with Crippen LogP contribution in [0.4, 0.5) is 5.95 Å². The Balaban J connectivity index is 1.48. The molecule has 33 heavy (non-hydrogen) atoms. The first-order valence-corrected chi connectivity index (χ1v) is 11.9. The maximum Gasteiger partial charge on any atom is 0.273 e. The number of rotatable bonds is 6. The van der Waals surface area contributed by atoms with Crippen LogP contribution >= 0.6 is 0 Å². The molecule has 4 rings (SSSR count). The molecule has 176 valence electrons. The van der Waals surface area contributed by atoms with Crippen molar-refractivity contribution in [2.24, 2.45) is 0 Å². The van der Waals surface area contributed by atoms with Gasteiger partial charge >= 0.3 is 0 Å². The lowest BCUT2D eigenvalue weighted by Crippen LogP contribution is -2.60. The van der Waals surface area contributed by atoms with Gasteiger partial charge in [-0.1, -0.05) is 30.3 Å². The molecule has 2 aliphatic heterocycles. The number of nitrogens with one attached hydrogen (secondary N) is 1. The van der Waals surface area contributed by atoms with E-state index >= 15 is 0 Å². The summed E-state index contributed by atoms with van der Waals surface area (Å²) in [6.07, 6.45) is 4.37. The zero-order valence-corrected chi connectivity index (χ0v) is 19.7. The number of likely N-dealkylation sites (N-methyl/N-ethyl adjacent to an activating group) is 1. The summed E-state index contributed by atoms with van der Waals surface area (Å²) in [5.74, 6) is 0.279. The number of hydrogen-bond acceptors (Lipinski definition) is 6. The molecule has 2 aliphatic rings. The molecule has 0 radical (unpaired) electrons. The second-order valence-corrected chi connectivity index (χ2v) is 8.91. The van der Waals surface area contributed by atoms with Gasteiger partial charge in [-0.05, 0) is 44.2 Å². The lowest BCUT2D eigenvalue weighted by atomic mass is 10.1. The highest BCUT2D eigenvalue weighted by Gasteiger charge is 2.36. The molecular weight excluding hydrogens is 416 g/mol. The van der Waals surface area contributed by atoms with E-state index in [4.69, 9.17) is 0 Å². The predicted molar refractivity (Wildman–Crippen MR) is 128 cm³/mol. The summed E-state index contributed by atoms with van der Waals surface area (Å²) in [6, 6.07) is 11.5. The average molecular weight is 451 g/mol. The van der Waals surface area contributed by atoms with Gasteiger partial charge in [0.25, 0.3) is 5.91 Å². The van der Waals surface area contributed by atoms with Gasteiger partial charge in [-0.2, -0.15) is 0 Å². The van der Waals surface area contributed by atoms with E-state index in [1.165, 1.54) is 12.0 Å². The van der Waals surface area contributed by atoms with E-state index in [9.17, 15) is 9.59 Å². The first-order chi connectivity index (χ1) is 16.0. The van der Waals surface area contributed by atoms with Gasteiger partial charge in [-0.15, -0.1) is 0 Å². The second kappa shape index (κ2) is 10.7. The third kappa shape index (κ3) is 5.68. The lowest BCUT2D eigenvalue weighted by Gasteiger charge is -2.40. The van der Waals surface area contributed by atoms with Crippen LogP contribution in [0.25, 0.3) is 0 Å². The Bertz CT molecular complexity index is 961. The van der Waals surface area contributed by atoms with Crippen molar-refractivity contribution in [1.82, 2.24) is 25.1 Å². The molecule has 2 fully saturated rings. The van der Waals surface area contributed by atoms with E-state index in [0.29, 0.717) is 24.7 Å². The van der Waals surface area contributed by atoms with Crippen LogP contribution in [-0.2, 0) is 11.2 Å². The van der Waals surface area contributed by atoms with Crippen molar-refractivity contribution in [3.63, 3.8) is 0 Å². The van der Waals surface area contributed by atoms with Gasteiger partial charge in [-0.3, -0.25) is 14.5 Å². The Hall–Kier alpha value is -3.00. The van der Waals surface area contributed by atoms with E-state index in [1.807, 2.05) is 25.1 Å². The van der Waals surface area contributed by atoms with E-state index in [-0.39, 0.29) is 11.8 Å². The quantitative estimate of drug-likeness (QED) is 0.724. The summed E-state index contributed by atoms with van der Waals surface area (Å²) in [5.41, 5.74) is 2.41. The highest BCUT2D eigenvalue weighted by Crippen LogP contribution is 2.19. The molecule has 0 aliphatic carbocycles. The van der Waals surface area contributed by atoms with Gasteiger partial charge in [0.1, 0.15) is 11.7 Å². The fourth-order valence-electron chi connectivity index (χ4n) is 4.65. The molecule has 2 aromatic rings. The number of carbonyl (C=O) groups excluding carboxylic acids is 2. The van der Waals surface area contributed by atoms with Crippen LogP contribution in [0, 0.1) is 6.92 Å². The predicted octanol–water partition coefficient (Wildman–Crippen LogP) is 1.89. The lowest BCUT2D eigenvalue weighted by molar-refractivity contribution is -0.127. The van der Waals surface area contributed by atoms with Crippen LogP contribution in [0.3, 0.4) is 0 Å². The Kier molecular flexibility index (Phi) is 7.54. The van der Waals surface area contributed by atoms with Crippen LogP contribution in [-0.4, -0.2) is 83.9 Å². The summed E-state index contributed by atoms with van der Waals surface area (Å²) < 4.78 is 0. The van der Waals surface area contributed by atoms with Crippen LogP contribution in [0.2, 0.25) is 0 Å². The second-order valence-electron chi connectivity index (χ2n) is 8.91. The number of benzene rings is 1. The van der Waals surface area contributed by atoms with E-state index in [1.54, 1.807) is 18.0 Å². The minimum absolute atomic E-state index is 0.144. The molecule has 0 saturated carbocycles. The number of piperazine rings is 1. The number of aromatic nitrogens is 2. The molecule has 8 heteroatoms. The molecule has 0 bridgehead atoms. The number of hydrogen-bond donors (Lipinski definition) is 1. The van der Waals surface area contributed by atoms with Gasteiger partial charge in [0.05, 0.1) is 0 Å². The van der Waals surface area contributed by atoms with Gasteiger partial charge < -0.3 is 15.1 Å². The Labute approximate surface area is 196 Å². The summed E-state index contributed by atoms with van der Waals surface area (Å²) in [5, 5.41) is 2.74. The molecule has 1 aromatic heterocycles. The van der Waals surface area contributed by atoms with Gasteiger partial charge in [0.2, 0.25) is 11.9 Å². The number of carbonyl (C=O) groups is 2. The Morgan fingerprint density at radius 3 is 2.52 bits per heavy atom. The molecule has 0 unspecified atom stereocenters. The highest BCUT2D eigenvalue weighted by molar-refractivity contribution is 5.96. The van der Waals surface area contributed by atoms with Crippen LogP contribution in [0.15, 0.2) is 36.4 Å². The molecule has 1 N–H and O–H groups in total. The van der Waals surface area contributed by atoms with Crippen LogP contribution in [0.1, 0.15) is 41.0 Å². The van der Waals surface area contributed by atoms with Crippen molar-refractivity contribution in [2.45, 2.75) is 38.6 Å². The zero-order chi connectivity index (χ0) is 23.2. The summed E-state index contributed by atoms with van der Waals surface area (Å²) in [7, 11) is 1.62. The third-order valence-corrected chi connectivity index (χ3v) is 6.53. The maximum atomic E-state index is 13.5. The molecule has 1 atom stereocenters. The molecule has 8 nitrogen and oxygen atoms in total. The number of piperidine rings is 1. The molecule has 3 heterocycles.